The lowest BCUT2D eigenvalue weighted by Gasteiger charge is -2.14. The van der Waals surface area contributed by atoms with Crippen molar-refractivity contribution in [2.75, 3.05) is 6.54 Å². The number of aromatic amines is 1. The number of aliphatic hydroxyl groups is 1. The van der Waals surface area contributed by atoms with Crippen LogP contribution in [0.25, 0.3) is 10.4 Å². The first-order valence-electron chi connectivity index (χ1n) is 5.69. The van der Waals surface area contributed by atoms with E-state index in [1.807, 2.05) is 0 Å². The van der Waals surface area contributed by atoms with Gasteiger partial charge in [0.2, 0.25) is 0 Å². The third-order valence-electron chi connectivity index (χ3n) is 2.99. The molecule has 3 atom stereocenters. The zero-order valence-electron chi connectivity index (χ0n) is 10.2. The number of rotatable bonds is 3. The van der Waals surface area contributed by atoms with Gasteiger partial charge in [-0.05, 0) is 12.5 Å². The van der Waals surface area contributed by atoms with Crippen molar-refractivity contribution in [3.63, 3.8) is 0 Å². The van der Waals surface area contributed by atoms with Gasteiger partial charge in [-0.25, -0.2) is 4.79 Å². The van der Waals surface area contributed by atoms with Gasteiger partial charge in [-0.15, -0.1) is 0 Å². The number of azide groups is 1. The second kappa shape index (κ2) is 5.27. The minimum atomic E-state index is -0.824. The highest BCUT2D eigenvalue weighted by molar-refractivity contribution is 5.02. The van der Waals surface area contributed by atoms with Crippen molar-refractivity contribution in [2.24, 2.45) is 5.11 Å². The molecule has 0 bridgehead atoms. The van der Waals surface area contributed by atoms with Crippen LogP contribution >= 0.6 is 0 Å². The van der Waals surface area contributed by atoms with Gasteiger partial charge in [0.1, 0.15) is 6.23 Å². The van der Waals surface area contributed by atoms with E-state index in [4.69, 9.17) is 10.3 Å². The Morgan fingerprint density at radius 1 is 1.68 bits per heavy atom. The van der Waals surface area contributed by atoms with Crippen molar-refractivity contribution < 1.29 is 9.84 Å². The van der Waals surface area contributed by atoms with Gasteiger partial charge >= 0.3 is 5.69 Å². The van der Waals surface area contributed by atoms with Crippen LogP contribution in [-0.4, -0.2) is 33.4 Å². The molecule has 0 radical (unpaired) electrons. The number of nitrogens with one attached hydrogen (secondary N) is 1. The zero-order chi connectivity index (χ0) is 14.0. The van der Waals surface area contributed by atoms with Crippen LogP contribution < -0.4 is 11.2 Å². The van der Waals surface area contributed by atoms with Crippen LogP contribution in [0.2, 0.25) is 0 Å². The smallest absolute Gasteiger partial charge is 0.330 e. The third-order valence-corrected chi connectivity index (χ3v) is 2.99. The lowest BCUT2D eigenvalue weighted by molar-refractivity contribution is -0.0151. The second-order valence-electron chi connectivity index (χ2n) is 4.32. The van der Waals surface area contributed by atoms with Crippen LogP contribution in [0.15, 0.2) is 20.9 Å². The number of aryl methyl sites for hydroxylation is 1. The normalized spacial score (nSPS) is 26.1. The predicted octanol–water partition coefficient (Wildman–Crippen LogP) is -0.196. The summed E-state index contributed by atoms with van der Waals surface area (Å²) in [7, 11) is 0. The van der Waals surface area contributed by atoms with Crippen molar-refractivity contribution in [3.05, 3.63) is 43.0 Å². The molecule has 1 aromatic rings. The molecular formula is C10H13N5O4. The lowest BCUT2D eigenvalue weighted by atomic mass is 10.2. The Labute approximate surface area is 107 Å². The number of H-pyrrole nitrogens is 1. The van der Waals surface area contributed by atoms with Crippen molar-refractivity contribution in [1.29, 1.82) is 0 Å². The van der Waals surface area contributed by atoms with Gasteiger partial charge in [-0.2, -0.15) is 0 Å². The Bertz CT molecular complexity index is 630. The Morgan fingerprint density at radius 3 is 3.11 bits per heavy atom. The number of ether oxygens (including phenoxy) is 1. The summed E-state index contributed by atoms with van der Waals surface area (Å²) in [6, 6.07) is 0. The molecule has 0 spiro atoms. The summed E-state index contributed by atoms with van der Waals surface area (Å²) in [6.45, 7) is 1.56. The number of hydrogen-bond acceptors (Lipinski definition) is 5. The fourth-order valence-corrected chi connectivity index (χ4v) is 1.97. The Morgan fingerprint density at radius 2 is 2.42 bits per heavy atom. The summed E-state index contributed by atoms with van der Waals surface area (Å²) in [5.41, 5.74) is 7.55. The van der Waals surface area contributed by atoms with Gasteiger partial charge in [-0.3, -0.25) is 14.3 Å². The highest BCUT2D eigenvalue weighted by Crippen LogP contribution is 2.27. The summed E-state index contributed by atoms with van der Waals surface area (Å²) < 4.78 is 6.68. The molecule has 0 unspecified atom stereocenters. The van der Waals surface area contributed by atoms with Gasteiger partial charge in [0.25, 0.3) is 5.56 Å². The van der Waals surface area contributed by atoms with E-state index in [9.17, 15) is 14.7 Å². The number of aromatic nitrogens is 2. The fourth-order valence-electron chi connectivity index (χ4n) is 1.97. The molecule has 0 aromatic carbocycles. The van der Waals surface area contributed by atoms with E-state index in [0.717, 1.165) is 0 Å². The number of nitrogens with zero attached hydrogens (tertiary/aromatic N) is 4. The first-order chi connectivity index (χ1) is 9.02. The van der Waals surface area contributed by atoms with E-state index in [1.165, 1.54) is 10.8 Å². The molecule has 2 rings (SSSR count). The van der Waals surface area contributed by atoms with Crippen molar-refractivity contribution >= 4 is 0 Å². The molecule has 9 nitrogen and oxygen atoms in total. The van der Waals surface area contributed by atoms with E-state index in [0.29, 0.717) is 5.56 Å². The van der Waals surface area contributed by atoms with Crippen LogP contribution in [0.3, 0.4) is 0 Å². The van der Waals surface area contributed by atoms with E-state index in [-0.39, 0.29) is 13.0 Å². The van der Waals surface area contributed by atoms with Crippen LogP contribution in [0.4, 0.5) is 0 Å². The lowest BCUT2D eigenvalue weighted by Crippen LogP contribution is -2.33. The van der Waals surface area contributed by atoms with Crippen molar-refractivity contribution in [2.45, 2.75) is 31.8 Å². The van der Waals surface area contributed by atoms with Gasteiger partial charge in [-0.1, -0.05) is 5.11 Å². The molecule has 0 amide bonds. The number of hydrogen-bond donors (Lipinski definition) is 2. The van der Waals surface area contributed by atoms with E-state index < -0.39 is 29.7 Å². The fraction of sp³-hybridized carbons (Fsp3) is 0.600. The monoisotopic (exact) mass is 267 g/mol. The van der Waals surface area contributed by atoms with Crippen molar-refractivity contribution in [1.82, 2.24) is 9.55 Å². The SMILES string of the molecule is Cc1cn([C@@H]2C[C@H](O)[C@H](CN=[N+]=[N-])O2)c(=O)[nH]c1=O. The van der Waals surface area contributed by atoms with Crippen LogP contribution in [0, 0.1) is 6.92 Å². The first kappa shape index (κ1) is 13.3. The largest absolute Gasteiger partial charge is 0.390 e. The Balaban J connectivity index is 2.25. The molecule has 0 saturated carbocycles. The standard InChI is InChI=1S/C10H13N5O4/c1-5-4-15(10(18)13-9(5)17)8-2-6(16)7(19-8)3-12-14-11/h4,6-8,16H,2-3H2,1H3,(H,13,17,18)/t6-,7-,8-/m0/s1. The van der Waals surface area contributed by atoms with Gasteiger partial charge in [0.05, 0.1) is 18.8 Å². The molecule has 102 valence electrons. The Kier molecular flexibility index (Phi) is 3.70. The molecule has 9 heteroatoms. The molecule has 1 fully saturated rings. The highest BCUT2D eigenvalue weighted by atomic mass is 16.5. The minimum Gasteiger partial charge on any atom is -0.390 e. The predicted molar refractivity (Wildman–Crippen MR) is 64.6 cm³/mol. The maximum absolute atomic E-state index is 11.7. The summed E-state index contributed by atoms with van der Waals surface area (Å²) in [4.78, 5) is 27.7. The van der Waals surface area contributed by atoms with Crippen LogP contribution in [-0.2, 0) is 4.74 Å². The summed E-state index contributed by atoms with van der Waals surface area (Å²) >= 11 is 0. The quantitative estimate of drug-likeness (QED) is 0.445. The zero-order valence-corrected chi connectivity index (χ0v) is 10.2. The molecule has 0 aliphatic carbocycles. The molecule has 1 aliphatic rings. The molecule has 2 heterocycles. The molecule has 1 aliphatic heterocycles. The molecule has 1 aromatic heterocycles. The van der Waals surface area contributed by atoms with Crippen LogP contribution in [0.5, 0.6) is 0 Å². The second-order valence-corrected chi connectivity index (χ2v) is 4.32. The molecular weight excluding hydrogens is 254 g/mol. The maximum Gasteiger partial charge on any atom is 0.330 e. The van der Waals surface area contributed by atoms with Crippen molar-refractivity contribution in [3.8, 4) is 0 Å². The van der Waals surface area contributed by atoms with Crippen LogP contribution in [0.1, 0.15) is 18.2 Å². The number of aliphatic hydroxyl groups excluding tert-OH is 1. The topological polar surface area (TPSA) is 133 Å². The molecule has 1 saturated heterocycles. The summed E-state index contributed by atoms with van der Waals surface area (Å²) in [6.07, 6.45) is -0.586. The third kappa shape index (κ3) is 2.68. The Hall–Kier alpha value is -2.09. The molecule has 2 N–H and O–H groups in total. The average Bonchev–Trinajstić information content (AvgIpc) is 2.72. The average molecular weight is 267 g/mol. The van der Waals surface area contributed by atoms with Gasteiger partial charge in [0, 0.05) is 23.1 Å². The van der Waals surface area contributed by atoms with E-state index in [1.54, 1.807) is 6.92 Å². The molecule has 19 heavy (non-hydrogen) atoms. The van der Waals surface area contributed by atoms with E-state index >= 15 is 0 Å². The first-order valence-corrected chi connectivity index (χ1v) is 5.69. The summed E-state index contributed by atoms with van der Waals surface area (Å²) in [5, 5.41) is 13.1. The minimum absolute atomic E-state index is 0.00868. The van der Waals surface area contributed by atoms with Gasteiger partial charge < -0.3 is 9.84 Å². The summed E-state index contributed by atoms with van der Waals surface area (Å²) in [5.74, 6) is 0. The van der Waals surface area contributed by atoms with Gasteiger partial charge in [0.15, 0.2) is 0 Å². The van der Waals surface area contributed by atoms with E-state index in [2.05, 4.69) is 15.0 Å². The maximum atomic E-state index is 11.7. The highest BCUT2D eigenvalue weighted by Gasteiger charge is 2.34.